The van der Waals surface area contributed by atoms with E-state index in [-0.39, 0.29) is 18.0 Å². The molecule has 0 saturated heterocycles. The van der Waals surface area contributed by atoms with Crippen LogP contribution in [0.25, 0.3) is 0 Å². The molecule has 5 heteroatoms. The Morgan fingerprint density at radius 2 is 1.55 bits per heavy atom. The molecule has 31 heavy (non-hydrogen) atoms. The number of hydrogen-bond acceptors (Lipinski definition) is 4. The summed E-state index contributed by atoms with van der Waals surface area (Å²) in [5, 5.41) is 3.60. The molecule has 0 fully saturated rings. The summed E-state index contributed by atoms with van der Waals surface area (Å²) in [7, 11) is 0. The lowest BCUT2D eigenvalue weighted by Crippen LogP contribution is -2.47. The number of esters is 1. The van der Waals surface area contributed by atoms with Gasteiger partial charge in [0.15, 0.2) is 0 Å². The van der Waals surface area contributed by atoms with Gasteiger partial charge in [-0.1, -0.05) is 66.7 Å². The number of ether oxygens (including phenoxy) is 1. The molecular weight excluding hydrogens is 388 g/mol. The van der Waals surface area contributed by atoms with Crippen LogP contribution in [-0.2, 0) is 14.3 Å². The maximum Gasteiger partial charge on any atom is 0.303 e. The smallest absolute Gasteiger partial charge is 0.303 e. The van der Waals surface area contributed by atoms with Crippen LogP contribution >= 0.6 is 0 Å². The lowest BCUT2D eigenvalue weighted by atomic mass is 9.90. The normalized spacial score (nSPS) is 18.6. The van der Waals surface area contributed by atoms with Crippen LogP contribution in [0.5, 0.6) is 0 Å². The largest absolute Gasteiger partial charge is 0.447 e. The van der Waals surface area contributed by atoms with E-state index in [0.717, 1.165) is 23.4 Å². The number of para-hydroxylation sites is 2. The van der Waals surface area contributed by atoms with Crippen LogP contribution in [0.2, 0.25) is 0 Å². The zero-order valence-electron chi connectivity index (χ0n) is 17.7. The fourth-order valence-electron chi connectivity index (χ4n) is 4.20. The number of carbonyl (C=O) groups is 2. The van der Waals surface area contributed by atoms with Crippen LogP contribution in [0.15, 0.2) is 84.9 Å². The predicted molar refractivity (Wildman–Crippen MR) is 122 cm³/mol. The molecule has 1 heterocycles. The number of hydrogen-bond donors (Lipinski definition) is 1. The molecule has 0 aliphatic carbocycles. The molecule has 3 aromatic carbocycles. The van der Waals surface area contributed by atoms with Gasteiger partial charge in [-0.15, -0.1) is 0 Å². The van der Waals surface area contributed by atoms with Gasteiger partial charge in [-0.05, 0) is 37.1 Å². The maximum atomic E-state index is 13.7. The lowest BCUT2D eigenvalue weighted by Gasteiger charge is -2.41. The van der Waals surface area contributed by atoms with E-state index < -0.39 is 12.1 Å². The standard InChI is InChI=1S/C26H26N2O3/c1-18-17-23(27-21-13-7-4-8-14-21)22-15-9-10-16-24(22)28(18)26(30)25(31-19(2)29)20-11-5-3-6-12-20/h3-16,18,23,25,27H,17H2,1-2H3/t18-,23+,25-/m0/s1. The molecule has 1 amide bonds. The van der Waals surface area contributed by atoms with Gasteiger partial charge in [0.05, 0.1) is 6.04 Å². The number of amides is 1. The monoisotopic (exact) mass is 414 g/mol. The Balaban J connectivity index is 1.69. The van der Waals surface area contributed by atoms with Gasteiger partial charge >= 0.3 is 5.97 Å². The van der Waals surface area contributed by atoms with Gasteiger partial charge < -0.3 is 15.0 Å². The number of benzene rings is 3. The van der Waals surface area contributed by atoms with Crippen molar-refractivity contribution >= 4 is 23.3 Å². The van der Waals surface area contributed by atoms with E-state index in [1.54, 1.807) is 4.90 Å². The number of carbonyl (C=O) groups excluding carboxylic acids is 2. The third-order valence-corrected chi connectivity index (χ3v) is 5.55. The summed E-state index contributed by atoms with van der Waals surface area (Å²) in [6.07, 6.45) is -0.244. The molecule has 0 unspecified atom stereocenters. The molecule has 1 aliphatic rings. The number of nitrogens with one attached hydrogen (secondary N) is 1. The molecule has 0 saturated carbocycles. The van der Waals surface area contributed by atoms with E-state index in [1.165, 1.54) is 6.92 Å². The SMILES string of the molecule is CC(=O)O[C@H](C(=O)N1c2ccccc2[C@H](Nc2ccccc2)C[C@@H]1C)c1ccccc1. The van der Waals surface area contributed by atoms with Crippen molar-refractivity contribution in [1.29, 1.82) is 0 Å². The zero-order valence-corrected chi connectivity index (χ0v) is 17.7. The number of rotatable bonds is 5. The quantitative estimate of drug-likeness (QED) is 0.578. The minimum absolute atomic E-state index is 0.0709. The highest BCUT2D eigenvalue weighted by Crippen LogP contribution is 2.40. The van der Waals surface area contributed by atoms with E-state index in [1.807, 2.05) is 91.9 Å². The molecule has 5 nitrogen and oxygen atoms in total. The fraction of sp³-hybridized carbons (Fsp3) is 0.231. The van der Waals surface area contributed by atoms with Crippen molar-refractivity contribution in [1.82, 2.24) is 0 Å². The molecule has 1 N–H and O–H groups in total. The number of anilines is 2. The Labute approximate surface area is 182 Å². The van der Waals surface area contributed by atoms with Gasteiger partial charge in [0.2, 0.25) is 6.10 Å². The Hall–Kier alpha value is -3.60. The highest BCUT2D eigenvalue weighted by molar-refractivity contribution is 5.99. The van der Waals surface area contributed by atoms with Crippen LogP contribution in [0.1, 0.15) is 43.5 Å². The first-order valence-corrected chi connectivity index (χ1v) is 10.5. The Kier molecular flexibility index (Phi) is 6.03. The molecule has 158 valence electrons. The zero-order chi connectivity index (χ0) is 21.8. The fourth-order valence-corrected chi connectivity index (χ4v) is 4.20. The minimum Gasteiger partial charge on any atom is -0.447 e. The van der Waals surface area contributed by atoms with Gasteiger partial charge in [0.25, 0.3) is 5.91 Å². The second kappa shape index (κ2) is 9.04. The summed E-state index contributed by atoms with van der Waals surface area (Å²) in [5.74, 6) is -0.719. The van der Waals surface area contributed by atoms with Crippen molar-refractivity contribution in [2.45, 2.75) is 38.5 Å². The minimum atomic E-state index is -0.979. The predicted octanol–water partition coefficient (Wildman–Crippen LogP) is 5.27. The van der Waals surface area contributed by atoms with Crippen LogP contribution in [0, 0.1) is 0 Å². The molecule has 0 radical (unpaired) electrons. The van der Waals surface area contributed by atoms with Crippen molar-refractivity contribution in [3.63, 3.8) is 0 Å². The summed E-state index contributed by atoms with van der Waals surface area (Å²) in [6, 6.07) is 27.2. The summed E-state index contributed by atoms with van der Waals surface area (Å²) < 4.78 is 5.49. The van der Waals surface area contributed by atoms with Gasteiger partial charge in [0.1, 0.15) is 0 Å². The molecule has 0 aromatic heterocycles. The highest BCUT2D eigenvalue weighted by Gasteiger charge is 2.38. The lowest BCUT2D eigenvalue weighted by molar-refractivity contribution is -0.153. The second-order valence-corrected chi connectivity index (χ2v) is 7.81. The summed E-state index contributed by atoms with van der Waals surface area (Å²) in [5.41, 5.74) is 3.59. The Morgan fingerprint density at radius 3 is 2.23 bits per heavy atom. The van der Waals surface area contributed by atoms with Crippen LogP contribution < -0.4 is 10.2 Å². The molecule has 0 bridgehead atoms. The van der Waals surface area contributed by atoms with Crippen molar-refractivity contribution < 1.29 is 14.3 Å². The van der Waals surface area contributed by atoms with Crippen molar-refractivity contribution in [2.24, 2.45) is 0 Å². The van der Waals surface area contributed by atoms with Gasteiger partial charge in [-0.3, -0.25) is 9.59 Å². The Morgan fingerprint density at radius 1 is 0.935 bits per heavy atom. The summed E-state index contributed by atoms with van der Waals surface area (Å²) in [4.78, 5) is 27.3. The van der Waals surface area contributed by atoms with E-state index in [0.29, 0.717) is 5.56 Å². The first-order valence-electron chi connectivity index (χ1n) is 10.5. The van der Waals surface area contributed by atoms with Gasteiger partial charge in [0, 0.05) is 29.9 Å². The number of nitrogens with zero attached hydrogens (tertiary/aromatic N) is 1. The van der Waals surface area contributed by atoms with Gasteiger partial charge in [-0.25, -0.2) is 0 Å². The van der Waals surface area contributed by atoms with E-state index >= 15 is 0 Å². The van der Waals surface area contributed by atoms with Crippen LogP contribution in [0.4, 0.5) is 11.4 Å². The third kappa shape index (κ3) is 4.45. The topological polar surface area (TPSA) is 58.6 Å². The second-order valence-electron chi connectivity index (χ2n) is 7.81. The van der Waals surface area contributed by atoms with E-state index in [2.05, 4.69) is 5.32 Å². The first kappa shape index (κ1) is 20.7. The molecule has 3 atom stereocenters. The third-order valence-electron chi connectivity index (χ3n) is 5.55. The number of fused-ring (bicyclic) bond motifs is 1. The maximum absolute atomic E-state index is 13.7. The van der Waals surface area contributed by atoms with Crippen LogP contribution in [-0.4, -0.2) is 17.9 Å². The molecule has 4 rings (SSSR count). The average Bonchev–Trinajstić information content (AvgIpc) is 2.78. The highest BCUT2D eigenvalue weighted by atomic mass is 16.5. The molecule has 3 aromatic rings. The van der Waals surface area contributed by atoms with E-state index in [4.69, 9.17) is 4.74 Å². The van der Waals surface area contributed by atoms with E-state index in [9.17, 15) is 9.59 Å². The Bertz CT molecular complexity index is 1050. The summed E-state index contributed by atoms with van der Waals surface area (Å²) >= 11 is 0. The summed E-state index contributed by atoms with van der Waals surface area (Å²) in [6.45, 7) is 3.36. The molecular formula is C26H26N2O3. The average molecular weight is 415 g/mol. The van der Waals surface area contributed by atoms with Crippen LogP contribution in [0.3, 0.4) is 0 Å². The van der Waals surface area contributed by atoms with Gasteiger partial charge in [-0.2, -0.15) is 0 Å². The van der Waals surface area contributed by atoms with Crippen molar-refractivity contribution in [3.8, 4) is 0 Å². The van der Waals surface area contributed by atoms with Crippen molar-refractivity contribution in [2.75, 3.05) is 10.2 Å². The molecule has 0 spiro atoms. The first-order chi connectivity index (χ1) is 15.0. The molecule has 1 aliphatic heterocycles. The van der Waals surface area contributed by atoms with Crippen molar-refractivity contribution in [3.05, 3.63) is 96.1 Å².